The predicted molar refractivity (Wildman–Crippen MR) is 76.6 cm³/mol. The molecule has 1 atom stereocenters. The molecule has 114 valence electrons. The molecule has 5 nitrogen and oxygen atoms in total. The van der Waals surface area contributed by atoms with E-state index in [2.05, 4.69) is 13.8 Å². The number of hydrogen-bond acceptors (Lipinski definition) is 2. The second-order valence-corrected chi connectivity index (χ2v) is 6.87. The van der Waals surface area contributed by atoms with Crippen LogP contribution in [0, 0.1) is 5.41 Å². The van der Waals surface area contributed by atoms with Gasteiger partial charge < -0.3 is 14.9 Å². The van der Waals surface area contributed by atoms with Crippen LogP contribution in [0.15, 0.2) is 0 Å². The highest BCUT2D eigenvalue weighted by Crippen LogP contribution is 2.31. The van der Waals surface area contributed by atoms with Gasteiger partial charge >= 0.3 is 12.0 Å². The number of carboxylic acid groups (broad SMARTS) is 1. The Morgan fingerprint density at radius 2 is 1.90 bits per heavy atom. The van der Waals surface area contributed by atoms with E-state index in [1.807, 2.05) is 4.90 Å². The Bertz CT molecular complexity index is 381. The molecule has 0 aromatic rings. The van der Waals surface area contributed by atoms with E-state index in [0.29, 0.717) is 12.0 Å². The Hall–Kier alpha value is -1.26. The number of rotatable bonds is 2. The molecule has 0 bridgehead atoms. The summed E-state index contributed by atoms with van der Waals surface area (Å²) in [5, 5.41) is 8.95. The lowest BCUT2D eigenvalue weighted by Crippen LogP contribution is -2.46. The monoisotopic (exact) mass is 282 g/mol. The van der Waals surface area contributed by atoms with Crippen LogP contribution in [0.3, 0.4) is 0 Å². The molecule has 0 aliphatic carbocycles. The largest absolute Gasteiger partial charge is 0.481 e. The maximum absolute atomic E-state index is 12.6. The van der Waals surface area contributed by atoms with Crippen molar-refractivity contribution in [2.45, 2.75) is 58.4 Å². The molecule has 0 spiro atoms. The van der Waals surface area contributed by atoms with Crippen molar-refractivity contribution in [2.75, 3.05) is 19.6 Å². The highest BCUT2D eigenvalue weighted by molar-refractivity contribution is 5.76. The Morgan fingerprint density at radius 3 is 2.60 bits per heavy atom. The van der Waals surface area contributed by atoms with Crippen molar-refractivity contribution in [1.82, 2.24) is 9.80 Å². The van der Waals surface area contributed by atoms with Gasteiger partial charge in [-0.05, 0) is 37.5 Å². The number of carboxylic acids is 1. The van der Waals surface area contributed by atoms with Gasteiger partial charge in [-0.1, -0.05) is 13.8 Å². The van der Waals surface area contributed by atoms with Gasteiger partial charge in [-0.2, -0.15) is 0 Å². The van der Waals surface area contributed by atoms with Gasteiger partial charge in [-0.3, -0.25) is 4.79 Å². The minimum atomic E-state index is -0.813. The van der Waals surface area contributed by atoms with Crippen molar-refractivity contribution in [1.29, 1.82) is 0 Å². The van der Waals surface area contributed by atoms with Gasteiger partial charge in [0.1, 0.15) is 0 Å². The Balaban J connectivity index is 1.97. The first kappa shape index (κ1) is 15.1. The quantitative estimate of drug-likeness (QED) is 0.846. The van der Waals surface area contributed by atoms with Gasteiger partial charge in [-0.15, -0.1) is 0 Å². The zero-order chi connectivity index (χ0) is 14.8. The molecule has 0 radical (unpaired) electrons. The van der Waals surface area contributed by atoms with E-state index in [0.717, 1.165) is 45.2 Å². The van der Waals surface area contributed by atoms with Gasteiger partial charge in [0.2, 0.25) is 0 Å². The van der Waals surface area contributed by atoms with E-state index in [9.17, 15) is 9.59 Å². The van der Waals surface area contributed by atoms with E-state index < -0.39 is 5.97 Å². The van der Waals surface area contributed by atoms with Gasteiger partial charge in [0, 0.05) is 25.7 Å². The van der Waals surface area contributed by atoms with Crippen LogP contribution in [0.25, 0.3) is 0 Å². The Morgan fingerprint density at radius 1 is 1.15 bits per heavy atom. The molecule has 5 heteroatoms. The third-order valence-corrected chi connectivity index (χ3v) is 4.64. The molecule has 1 unspecified atom stereocenters. The summed E-state index contributed by atoms with van der Waals surface area (Å²) in [5.74, 6) is -0.813. The summed E-state index contributed by atoms with van der Waals surface area (Å²) < 4.78 is 0. The third-order valence-electron chi connectivity index (χ3n) is 4.64. The van der Waals surface area contributed by atoms with Crippen molar-refractivity contribution in [2.24, 2.45) is 5.41 Å². The maximum atomic E-state index is 12.6. The SMILES string of the molecule is CC1(C)CCCN(C(=O)N2CCCC2CC(=O)O)CC1. The van der Waals surface area contributed by atoms with Crippen LogP contribution in [0.4, 0.5) is 4.79 Å². The number of nitrogens with zero attached hydrogens (tertiary/aromatic N) is 2. The molecule has 2 heterocycles. The summed E-state index contributed by atoms with van der Waals surface area (Å²) in [7, 11) is 0. The number of carbonyl (C=O) groups excluding carboxylic acids is 1. The molecule has 2 aliphatic rings. The molecule has 2 amide bonds. The Kier molecular flexibility index (Phi) is 4.55. The van der Waals surface area contributed by atoms with Crippen LogP contribution < -0.4 is 0 Å². The summed E-state index contributed by atoms with van der Waals surface area (Å²) in [6, 6.07) is -0.0669. The fourth-order valence-corrected chi connectivity index (χ4v) is 3.30. The lowest BCUT2D eigenvalue weighted by Gasteiger charge is -2.31. The Labute approximate surface area is 120 Å². The van der Waals surface area contributed by atoms with Crippen molar-refractivity contribution >= 4 is 12.0 Å². The molecule has 20 heavy (non-hydrogen) atoms. The van der Waals surface area contributed by atoms with Crippen LogP contribution in [-0.4, -0.2) is 52.6 Å². The van der Waals surface area contributed by atoms with E-state index >= 15 is 0 Å². The normalized spacial score (nSPS) is 26.4. The van der Waals surface area contributed by atoms with E-state index in [4.69, 9.17) is 5.11 Å². The minimum absolute atomic E-state index is 0.0476. The van der Waals surface area contributed by atoms with Crippen LogP contribution in [0.2, 0.25) is 0 Å². The minimum Gasteiger partial charge on any atom is -0.481 e. The highest BCUT2D eigenvalue weighted by atomic mass is 16.4. The van der Waals surface area contributed by atoms with E-state index in [-0.39, 0.29) is 18.5 Å². The lowest BCUT2D eigenvalue weighted by molar-refractivity contribution is -0.138. The summed E-state index contributed by atoms with van der Waals surface area (Å²) in [6.07, 6.45) is 5.02. The molecule has 0 aromatic heterocycles. The van der Waals surface area contributed by atoms with Crippen LogP contribution in [0.5, 0.6) is 0 Å². The average Bonchev–Trinajstić information content (AvgIpc) is 2.71. The summed E-state index contributed by atoms with van der Waals surface area (Å²) >= 11 is 0. The molecule has 2 rings (SSSR count). The average molecular weight is 282 g/mol. The number of carbonyl (C=O) groups is 2. The fourth-order valence-electron chi connectivity index (χ4n) is 3.30. The number of hydrogen-bond donors (Lipinski definition) is 1. The van der Waals surface area contributed by atoms with Crippen LogP contribution in [-0.2, 0) is 4.79 Å². The van der Waals surface area contributed by atoms with Crippen molar-refractivity contribution in [3.05, 3.63) is 0 Å². The second-order valence-electron chi connectivity index (χ2n) is 6.87. The first-order valence-electron chi connectivity index (χ1n) is 7.66. The van der Waals surface area contributed by atoms with Crippen molar-refractivity contribution in [3.63, 3.8) is 0 Å². The zero-order valence-corrected chi connectivity index (χ0v) is 12.6. The standard InChI is InChI=1S/C15H26N2O3/c1-15(2)6-4-8-16(10-7-15)14(20)17-9-3-5-12(17)11-13(18)19/h12H,3-11H2,1-2H3,(H,18,19). The highest BCUT2D eigenvalue weighted by Gasteiger charge is 2.34. The summed E-state index contributed by atoms with van der Waals surface area (Å²) in [4.78, 5) is 27.2. The molecule has 2 fully saturated rings. The van der Waals surface area contributed by atoms with Gasteiger partial charge in [-0.25, -0.2) is 4.79 Å². The zero-order valence-electron chi connectivity index (χ0n) is 12.6. The topological polar surface area (TPSA) is 60.9 Å². The van der Waals surface area contributed by atoms with Crippen LogP contribution in [0.1, 0.15) is 52.4 Å². The number of aliphatic carboxylic acids is 1. The number of likely N-dealkylation sites (tertiary alicyclic amines) is 2. The fraction of sp³-hybridized carbons (Fsp3) is 0.867. The molecule has 0 saturated carbocycles. The van der Waals surface area contributed by atoms with Crippen LogP contribution >= 0.6 is 0 Å². The van der Waals surface area contributed by atoms with Gasteiger partial charge in [0.25, 0.3) is 0 Å². The number of urea groups is 1. The van der Waals surface area contributed by atoms with E-state index in [1.54, 1.807) is 4.90 Å². The van der Waals surface area contributed by atoms with Gasteiger partial charge in [0.15, 0.2) is 0 Å². The van der Waals surface area contributed by atoms with Crippen molar-refractivity contribution in [3.8, 4) is 0 Å². The molecular weight excluding hydrogens is 256 g/mol. The first-order valence-corrected chi connectivity index (χ1v) is 7.66. The molecule has 0 aromatic carbocycles. The number of amides is 2. The predicted octanol–water partition coefficient (Wildman–Crippen LogP) is 2.56. The third kappa shape index (κ3) is 3.64. The first-order chi connectivity index (χ1) is 9.39. The molecule has 1 N–H and O–H groups in total. The second kappa shape index (κ2) is 6.02. The lowest BCUT2D eigenvalue weighted by atomic mass is 9.85. The van der Waals surface area contributed by atoms with Gasteiger partial charge in [0.05, 0.1) is 6.42 Å². The molecule has 2 saturated heterocycles. The summed E-state index contributed by atoms with van der Waals surface area (Å²) in [6.45, 7) is 6.81. The summed E-state index contributed by atoms with van der Waals surface area (Å²) in [5.41, 5.74) is 0.306. The maximum Gasteiger partial charge on any atom is 0.320 e. The molecule has 2 aliphatic heterocycles. The smallest absolute Gasteiger partial charge is 0.320 e. The van der Waals surface area contributed by atoms with Crippen molar-refractivity contribution < 1.29 is 14.7 Å². The molecular formula is C15H26N2O3. The van der Waals surface area contributed by atoms with E-state index in [1.165, 1.54) is 0 Å².